The number of nitrogens with one attached hydrogen (secondary N) is 2. The summed E-state index contributed by atoms with van der Waals surface area (Å²) in [5.74, 6) is 0. The van der Waals surface area contributed by atoms with Crippen LogP contribution in [0.1, 0.15) is 0 Å². The Kier molecular flexibility index (Phi) is 4.65. The molecule has 1 aliphatic heterocycles. The van der Waals surface area contributed by atoms with Crippen molar-refractivity contribution in [2.24, 2.45) is 0 Å². The van der Waals surface area contributed by atoms with E-state index in [1.165, 1.54) is 18.2 Å². The maximum atomic E-state index is 12.1. The molecule has 1 heterocycles. The predicted molar refractivity (Wildman–Crippen MR) is 70.9 cm³/mol. The van der Waals surface area contributed by atoms with Crippen molar-refractivity contribution in [2.45, 2.75) is 11.0 Å². The summed E-state index contributed by atoms with van der Waals surface area (Å²) in [6.45, 7) is 1.85. The Balaban J connectivity index is 2.12. The molecule has 1 aromatic carbocycles. The van der Waals surface area contributed by atoms with Gasteiger partial charge in [0.05, 0.1) is 17.6 Å². The molecule has 1 unspecified atom stereocenters. The van der Waals surface area contributed by atoms with E-state index in [9.17, 15) is 18.5 Å². The van der Waals surface area contributed by atoms with Crippen LogP contribution in [-0.2, 0) is 14.8 Å². The quantitative estimate of drug-likeness (QED) is 0.578. The van der Waals surface area contributed by atoms with Gasteiger partial charge in [-0.1, -0.05) is 12.1 Å². The zero-order valence-corrected chi connectivity index (χ0v) is 11.4. The zero-order valence-electron chi connectivity index (χ0n) is 10.6. The summed E-state index contributed by atoms with van der Waals surface area (Å²) in [6.07, 6.45) is -0.277. The first-order valence-electron chi connectivity index (χ1n) is 6.06. The normalized spacial score (nSPS) is 19.7. The van der Waals surface area contributed by atoms with E-state index in [4.69, 9.17) is 4.74 Å². The van der Waals surface area contributed by atoms with Crippen LogP contribution in [0.2, 0.25) is 0 Å². The number of benzene rings is 1. The van der Waals surface area contributed by atoms with Gasteiger partial charge in [-0.25, -0.2) is 13.1 Å². The van der Waals surface area contributed by atoms with E-state index in [-0.39, 0.29) is 17.5 Å². The van der Waals surface area contributed by atoms with Gasteiger partial charge in [-0.3, -0.25) is 10.1 Å². The number of rotatable bonds is 5. The summed E-state index contributed by atoms with van der Waals surface area (Å²) in [6, 6.07) is 5.24. The van der Waals surface area contributed by atoms with E-state index in [0.29, 0.717) is 13.2 Å². The number of nitro groups is 1. The fraction of sp³-hybridized carbons (Fsp3) is 0.455. The number of para-hydroxylation sites is 1. The fourth-order valence-electron chi connectivity index (χ4n) is 1.87. The fourth-order valence-corrected chi connectivity index (χ4v) is 3.10. The van der Waals surface area contributed by atoms with Crippen LogP contribution in [0.4, 0.5) is 5.69 Å². The second-order valence-electron chi connectivity index (χ2n) is 4.27. The van der Waals surface area contributed by atoms with Crippen LogP contribution in [0, 0.1) is 10.1 Å². The lowest BCUT2D eigenvalue weighted by molar-refractivity contribution is -0.387. The van der Waals surface area contributed by atoms with Crippen LogP contribution in [0.25, 0.3) is 0 Å². The minimum atomic E-state index is -3.93. The summed E-state index contributed by atoms with van der Waals surface area (Å²) in [7, 11) is -3.93. The number of nitrogens with zero attached hydrogens (tertiary/aromatic N) is 1. The third-order valence-electron chi connectivity index (χ3n) is 2.86. The smallest absolute Gasteiger partial charge is 0.289 e. The minimum absolute atomic E-state index is 0.0708. The lowest BCUT2D eigenvalue weighted by Crippen LogP contribution is -2.45. The SMILES string of the molecule is O=[N+]([O-])c1ccccc1S(=O)(=O)NCC1CNCCO1. The minimum Gasteiger partial charge on any atom is -0.374 e. The molecule has 8 nitrogen and oxygen atoms in total. The van der Waals surface area contributed by atoms with Gasteiger partial charge in [0.1, 0.15) is 0 Å². The Morgan fingerprint density at radius 3 is 2.85 bits per heavy atom. The molecule has 1 aromatic rings. The van der Waals surface area contributed by atoms with Crippen LogP contribution in [0.3, 0.4) is 0 Å². The van der Waals surface area contributed by atoms with Gasteiger partial charge in [0.25, 0.3) is 5.69 Å². The van der Waals surface area contributed by atoms with E-state index >= 15 is 0 Å². The van der Waals surface area contributed by atoms with Crippen LogP contribution < -0.4 is 10.0 Å². The topological polar surface area (TPSA) is 111 Å². The maximum absolute atomic E-state index is 12.1. The first-order chi connectivity index (χ1) is 9.50. The number of hydrogen-bond donors (Lipinski definition) is 2. The molecular formula is C11H15N3O5S. The van der Waals surface area contributed by atoms with Gasteiger partial charge in [0, 0.05) is 25.7 Å². The number of nitro benzene ring substituents is 1. The van der Waals surface area contributed by atoms with Crippen molar-refractivity contribution >= 4 is 15.7 Å². The Morgan fingerprint density at radius 1 is 1.45 bits per heavy atom. The molecule has 0 aromatic heterocycles. The molecule has 1 aliphatic rings. The highest BCUT2D eigenvalue weighted by atomic mass is 32.2. The van der Waals surface area contributed by atoms with Gasteiger partial charge in [-0.15, -0.1) is 0 Å². The van der Waals surface area contributed by atoms with E-state index in [1.807, 2.05) is 0 Å². The predicted octanol–water partition coefficient (Wildman–Crippen LogP) is -0.139. The highest BCUT2D eigenvalue weighted by Crippen LogP contribution is 2.22. The van der Waals surface area contributed by atoms with Crippen molar-refractivity contribution in [3.05, 3.63) is 34.4 Å². The maximum Gasteiger partial charge on any atom is 0.289 e. The average molecular weight is 301 g/mol. The van der Waals surface area contributed by atoms with E-state index in [1.54, 1.807) is 0 Å². The first-order valence-corrected chi connectivity index (χ1v) is 7.54. The average Bonchev–Trinajstić information content (AvgIpc) is 2.46. The molecule has 0 spiro atoms. The largest absolute Gasteiger partial charge is 0.374 e. The zero-order chi connectivity index (χ0) is 14.6. The van der Waals surface area contributed by atoms with Gasteiger partial charge in [-0.05, 0) is 6.07 Å². The van der Waals surface area contributed by atoms with Gasteiger partial charge in [-0.2, -0.15) is 0 Å². The van der Waals surface area contributed by atoms with Crippen LogP contribution in [0.5, 0.6) is 0 Å². The molecule has 1 fully saturated rings. The lowest BCUT2D eigenvalue weighted by Gasteiger charge is -2.23. The number of hydrogen-bond acceptors (Lipinski definition) is 6. The Hall–Kier alpha value is -1.55. The van der Waals surface area contributed by atoms with Crippen LogP contribution >= 0.6 is 0 Å². The van der Waals surface area contributed by atoms with Gasteiger partial charge in [0.2, 0.25) is 10.0 Å². The summed E-state index contributed by atoms with van der Waals surface area (Å²) in [4.78, 5) is 9.80. The van der Waals surface area contributed by atoms with Crippen molar-refractivity contribution in [1.82, 2.24) is 10.0 Å². The van der Waals surface area contributed by atoms with Crippen molar-refractivity contribution in [3.8, 4) is 0 Å². The molecule has 9 heteroatoms. The molecule has 1 atom stereocenters. The summed E-state index contributed by atoms with van der Waals surface area (Å²) in [5, 5.41) is 13.9. The second-order valence-corrected chi connectivity index (χ2v) is 6.01. The van der Waals surface area contributed by atoms with Crippen LogP contribution in [-0.4, -0.2) is 45.7 Å². The second kappa shape index (κ2) is 6.27. The van der Waals surface area contributed by atoms with Crippen molar-refractivity contribution in [1.29, 1.82) is 0 Å². The van der Waals surface area contributed by atoms with Gasteiger partial charge in [0.15, 0.2) is 4.90 Å². The summed E-state index contributed by atoms with van der Waals surface area (Å²) < 4.78 is 31.9. The van der Waals surface area contributed by atoms with Gasteiger partial charge < -0.3 is 10.1 Å². The van der Waals surface area contributed by atoms with E-state index in [0.717, 1.165) is 12.6 Å². The number of sulfonamides is 1. The third-order valence-corrected chi connectivity index (χ3v) is 4.33. The molecule has 110 valence electrons. The molecule has 0 amide bonds. The number of ether oxygens (including phenoxy) is 1. The molecule has 0 aliphatic carbocycles. The lowest BCUT2D eigenvalue weighted by atomic mass is 10.3. The molecule has 2 rings (SSSR count). The monoisotopic (exact) mass is 301 g/mol. The van der Waals surface area contributed by atoms with Gasteiger partial charge >= 0.3 is 0 Å². The Labute approximate surface area is 116 Å². The first kappa shape index (κ1) is 14.9. The molecular weight excluding hydrogens is 286 g/mol. The number of morpholine rings is 1. The molecule has 2 N–H and O–H groups in total. The molecule has 0 saturated carbocycles. The highest BCUT2D eigenvalue weighted by molar-refractivity contribution is 7.89. The molecule has 1 saturated heterocycles. The molecule has 0 radical (unpaired) electrons. The Morgan fingerprint density at radius 2 is 2.20 bits per heavy atom. The molecule has 20 heavy (non-hydrogen) atoms. The highest BCUT2D eigenvalue weighted by Gasteiger charge is 2.26. The molecule has 0 bridgehead atoms. The van der Waals surface area contributed by atoms with Crippen molar-refractivity contribution in [3.63, 3.8) is 0 Å². The third kappa shape index (κ3) is 3.51. The summed E-state index contributed by atoms with van der Waals surface area (Å²) >= 11 is 0. The van der Waals surface area contributed by atoms with E-state index in [2.05, 4.69) is 10.0 Å². The van der Waals surface area contributed by atoms with Crippen molar-refractivity contribution < 1.29 is 18.1 Å². The Bertz CT molecular complexity index is 583. The van der Waals surface area contributed by atoms with E-state index < -0.39 is 20.6 Å². The van der Waals surface area contributed by atoms with Crippen molar-refractivity contribution in [2.75, 3.05) is 26.2 Å². The standard InChI is InChI=1S/C11H15N3O5S/c15-14(16)10-3-1-2-4-11(10)20(17,18)13-8-9-7-12-5-6-19-9/h1-4,9,12-13H,5-8H2. The van der Waals surface area contributed by atoms with Crippen LogP contribution in [0.15, 0.2) is 29.2 Å². The summed E-state index contributed by atoms with van der Waals surface area (Å²) in [5.41, 5.74) is -0.442.